The molecule has 0 atom stereocenters. The molecule has 0 aliphatic rings. The largest absolute Gasteiger partial charge is 0.444 e. The van der Waals surface area contributed by atoms with Crippen LogP contribution in [0.4, 0.5) is 20.6 Å². The van der Waals surface area contributed by atoms with E-state index in [4.69, 9.17) is 4.42 Å². The van der Waals surface area contributed by atoms with Crippen LogP contribution in [0.25, 0.3) is 22.7 Å². The van der Waals surface area contributed by atoms with Gasteiger partial charge in [0.25, 0.3) is 0 Å². The smallest absolute Gasteiger partial charge is 0.323 e. The number of hydrogen-bond acceptors (Lipinski definition) is 3. The van der Waals surface area contributed by atoms with Gasteiger partial charge in [0.05, 0.1) is 5.69 Å². The number of nitrogens with one attached hydrogen (secondary N) is 2. The van der Waals surface area contributed by atoms with Gasteiger partial charge in [0.15, 0.2) is 0 Å². The van der Waals surface area contributed by atoms with E-state index >= 15 is 0 Å². The molecule has 0 saturated heterocycles. The molecule has 29 heavy (non-hydrogen) atoms. The van der Waals surface area contributed by atoms with Crippen LogP contribution in [0.5, 0.6) is 0 Å². The summed E-state index contributed by atoms with van der Waals surface area (Å²) in [6.45, 7) is 0. The molecule has 2 amide bonds. The first-order valence-corrected chi connectivity index (χ1v) is 9.52. The van der Waals surface area contributed by atoms with Crippen molar-refractivity contribution >= 4 is 33.3 Å². The third kappa shape index (κ3) is 4.52. The van der Waals surface area contributed by atoms with Crippen LogP contribution in [0.3, 0.4) is 0 Å². The Bertz CT molecular complexity index is 1140. The number of urea groups is 1. The van der Waals surface area contributed by atoms with Crippen molar-refractivity contribution < 1.29 is 13.6 Å². The number of aromatic nitrogens is 1. The summed E-state index contributed by atoms with van der Waals surface area (Å²) in [7, 11) is 0. The van der Waals surface area contributed by atoms with Crippen molar-refractivity contribution in [3.63, 3.8) is 0 Å². The molecular weight excluding hydrogens is 437 g/mol. The molecule has 0 aliphatic heterocycles. The molecule has 144 valence electrons. The number of carbonyl (C=O) groups excluding carboxylic acids is 1. The first-order chi connectivity index (χ1) is 14.1. The van der Waals surface area contributed by atoms with E-state index in [1.54, 1.807) is 36.6 Å². The van der Waals surface area contributed by atoms with E-state index in [2.05, 4.69) is 31.5 Å². The van der Waals surface area contributed by atoms with E-state index < -0.39 is 11.8 Å². The summed E-state index contributed by atoms with van der Waals surface area (Å²) in [5.41, 5.74) is 3.14. The molecule has 5 nitrogen and oxygen atoms in total. The number of carbonyl (C=O) groups is 1. The molecule has 1 aromatic heterocycles. The maximum absolute atomic E-state index is 13.8. The van der Waals surface area contributed by atoms with Gasteiger partial charge in [-0.25, -0.2) is 14.2 Å². The number of halogens is 2. The lowest BCUT2D eigenvalue weighted by atomic mass is 10.2. The highest BCUT2D eigenvalue weighted by molar-refractivity contribution is 9.10. The highest BCUT2D eigenvalue weighted by Gasteiger charge is 2.10. The van der Waals surface area contributed by atoms with Crippen molar-refractivity contribution in [3.05, 3.63) is 89.3 Å². The maximum atomic E-state index is 13.8. The Morgan fingerprint density at radius 1 is 0.931 bits per heavy atom. The van der Waals surface area contributed by atoms with E-state index in [1.807, 2.05) is 30.3 Å². The number of benzene rings is 3. The van der Waals surface area contributed by atoms with Gasteiger partial charge in [0, 0.05) is 21.3 Å². The summed E-state index contributed by atoms with van der Waals surface area (Å²) in [6.07, 6.45) is 1.61. The second kappa shape index (κ2) is 8.28. The van der Waals surface area contributed by atoms with Gasteiger partial charge in [-0.2, -0.15) is 0 Å². The Morgan fingerprint density at radius 2 is 1.69 bits per heavy atom. The van der Waals surface area contributed by atoms with E-state index in [0.29, 0.717) is 16.1 Å². The molecule has 0 aliphatic carbocycles. The minimum absolute atomic E-state index is 0.0931. The number of anilines is 2. The SMILES string of the molecule is O=C(Nc1ccc(-c2nc(-c3ccccc3)co2)cc1)Nc1ccc(Br)cc1F. The highest BCUT2D eigenvalue weighted by Crippen LogP contribution is 2.25. The summed E-state index contributed by atoms with van der Waals surface area (Å²) in [6, 6.07) is 20.6. The second-order valence-electron chi connectivity index (χ2n) is 6.18. The maximum Gasteiger partial charge on any atom is 0.323 e. The molecular formula is C22H15BrFN3O2. The molecule has 7 heteroatoms. The first kappa shape index (κ1) is 18.9. The molecule has 1 heterocycles. The predicted octanol–water partition coefficient (Wildman–Crippen LogP) is 6.55. The minimum atomic E-state index is -0.540. The van der Waals surface area contributed by atoms with E-state index in [-0.39, 0.29) is 5.69 Å². The number of oxazole rings is 1. The Balaban J connectivity index is 1.43. The number of rotatable bonds is 4. The molecule has 0 bridgehead atoms. The standard InChI is InChI=1S/C22H15BrFN3O2/c23-16-8-11-19(18(24)12-16)27-22(28)25-17-9-6-15(7-10-17)21-26-20(13-29-21)14-4-2-1-3-5-14/h1-13H,(H2,25,27,28). The molecule has 0 saturated carbocycles. The van der Waals surface area contributed by atoms with Crippen molar-refractivity contribution in [2.24, 2.45) is 0 Å². The normalized spacial score (nSPS) is 10.6. The average Bonchev–Trinajstić information content (AvgIpc) is 3.22. The Morgan fingerprint density at radius 3 is 2.41 bits per heavy atom. The van der Waals surface area contributed by atoms with Crippen molar-refractivity contribution in [1.82, 2.24) is 4.98 Å². The third-order valence-corrected chi connectivity index (χ3v) is 4.64. The van der Waals surface area contributed by atoms with Gasteiger partial charge < -0.3 is 15.1 Å². The number of amides is 2. The van der Waals surface area contributed by atoms with Crippen molar-refractivity contribution in [2.45, 2.75) is 0 Å². The van der Waals surface area contributed by atoms with Crippen LogP contribution >= 0.6 is 15.9 Å². The van der Waals surface area contributed by atoms with Gasteiger partial charge in [0.2, 0.25) is 5.89 Å². The fourth-order valence-electron chi connectivity index (χ4n) is 2.72. The monoisotopic (exact) mass is 451 g/mol. The second-order valence-corrected chi connectivity index (χ2v) is 7.10. The fourth-order valence-corrected chi connectivity index (χ4v) is 3.05. The van der Waals surface area contributed by atoms with Gasteiger partial charge in [-0.3, -0.25) is 0 Å². The summed E-state index contributed by atoms with van der Waals surface area (Å²) < 4.78 is 20.0. The highest BCUT2D eigenvalue weighted by atomic mass is 79.9. The molecule has 2 N–H and O–H groups in total. The molecule has 3 aromatic carbocycles. The van der Waals surface area contributed by atoms with Crippen molar-refractivity contribution in [3.8, 4) is 22.7 Å². The topological polar surface area (TPSA) is 67.2 Å². The van der Waals surface area contributed by atoms with Gasteiger partial charge in [-0.15, -0.1) is 0 Å². The van der Waals surface area contributed by atoms with Gasteiger partial charge >= 0.3 is 6.03 Å². The molecule has 0 fully saturated rings. The quantitative estimate of drug-likeness (QED) is 0.369. The van der Waals surface area contributed by atoms with Crippen LogP contribution in [0.1, 0.15) is 0 Å². The summed E-state index contributed by atoms with van der Waals surface area (Å²) >= 11 is 3.18. The van der Waals surface area contributed by atoms with Crippen LogP contribution in [-0.2, 0) is 0 Å². The molecule has 0 unspecified atom stereocenters. The van der Waals surface area contributed by atoms with Crippen LogP contribution < -0.4 is 10.6 Å². The lowest BCUT2D eigenvalue weighted by Gasteiger charge is -2.09. The van der Waals surface area contributed by atoms with E-state index in [1.165, 1.54) is 12.1 Å². The molecule has 0 radical (unpaired) electrons. The zero-order valence-corrected chi connectivity index (χ0v) is 16.6. The van der Waals surface area contributed by atoms with E-state index in [9.17, 15) is 9.18 Å². The zero-order chi connectivity index (χ0) is 20.2. The lowest BCUT2D eigenvalue weighted by Crippen LogP contribution is -2.20. The number of hydrogen-bond donors (Lipinski definition) is 2. The molecule has 0 spiro atoms. The summed E-state index contributed by atoms with van der Waals surface area (Å²) in [5.74, 6) is -0.0419. The first-order valence-electron chi connectivity index (χ1n) is 8.73. The molecule has 4 rings (SSSR count). The lowest BCUT2D eigenvalue weighted by molar-refractivity contribution is 0.262. The van der Waals surface area contributed by atoms with Crippen LogP contribution in [0.2, 0.25) is 0 Å². The van der Waals surface area contributed by atoms with Crippen LogP contribution in [0, 0.1) is 5.82 Å². The van der Waals surface area contributed by atoms with Crippen molar-refractivity contribution in [2.75, 3.05) is 10.6 Å². The summed E-state index contributed by atoms with van der Waals surface area (Å²) in [4.78, 5) is 16.6. The third-order valence-electron chi connectivity index (χ3n) is 4.14. The van der Waals surface area contributed by atoms with Crippen LogP contribution in [-0.4, -0.2) is 11.0 Å². The fraction of sp³-hybridized carbons (Fsp3) is 0. The Hall–Kier alpha value is -3.45. The van der Waals surface area contributed by atoms with Crippen LogP contribution in [0.15, 0.2) is 87.9 Å². The van der Waals surface area contributed by atoms with Gasteiger partial charge in [0.1, 0.15) is 17.8 Å². The average molecular weight is 452 g/mol. The van der Waals surface area contributed by atoms with Crippen molar-refractivity contribution in [1.29, 1.82) is 0 Å². The Labute approximate surface area is 174 Å². The van der Waals surface area contributed by atoms with Gasteiger partial charge in [-0.1, -0.05) is 46.3 Å². The van der Waals surface area contributed by atoms with Gasteiger partial charge in [-0.05, 0) is 42.5 Å². The Kier molecular flexibility index (Phi) is 5.39. The molecule has 4 aromatic rings. The minimum Gasteiger partial charge on any atom is -0.444 e. The number of nitrogens with zero attached hydrogens (tertiary/aromatic N) is 1. The predicted molar refractivity (Wildman–Crippen MR) is 114 cm³/mol. The van der Waals surface area contributed by atoms with E-state index in [0.717, 1.165) is 16.8 Å². The zero-order valence-electron chi connectivity index (χ0n) is 15.0. The summed E-state index contributed by atoms with van der Waals surface area (Å²) in [5, 5.41) is 5.14.